The first-order valence-electron chi connectivity index (χ1n) is 11.3. The highest BCUT2D eigenvalue weighted by molar-refractivity contribution is 5.76. The Balaban J connectivity index is 1.47. The third kappa shape index (κ3) is 4.75. The fourth-order valence-electron chi connectivity index (χ4n) is 5.78. The van der Waals surface area contributed by atoms with E-state index >= 15 is 0 Å². The molecule has 4 rings (SSSR count). The average molecular weight is 402 g/mol. The second-order valence-electron chi connectivity index (χ2n) is 9.18. The van der Waals surface area contributed by atoms with Gasteiger partial charge in [0.25, 0.3) is 5.56 Å². The van der Waals surface area contributed by atoms with Crippen LogP contribution >= 0.6 is 0 Å². The van der Waals surface area contributed by atoms with Gasteiger partial charge in [0.1, 0.15) is 0 Å². The van der Waals surface area contributed by atoms with Crippen LogP contribution in [0.15, 0.2) is 23.0 Å². The van der Waals surface area contributed by atoms with Crippen LogP contribution in [0.1, 0.15) is 62.6 Å². The molecule has 3 heterocycles. The Morgan fingerprint density at radius 1 is 1.24 bits per heavy atom. The SMILES string of the molecule is COCCCN1C[C@H]2C[C@@H](C1)[C@H](CNC(=O)CC1CCCC1)n1c2cccc1=O. The van der Waals surface area contributed by atoms with E-state index in [2.05, 4.69) is 16.3 Å². The zero-order chi connectivity index (χ0) is 20.2. The molecule has 0 unspecified atom stereocenters. The first kappa shape index (κ1) is 20.6. The summed E-state index contributed by atoms with van der Waals surface area (Å²) in [4.78, 5) is 27.8. The van der Waals surface area contributed by atoms with Crippen LogP contribution in [-0.4, -0.2) is 55.3 Å². The normalized spacial score (nSPS) is 27.0. The summed E-state index contributed by atoms with van der Waals surface area (Å²) in [6.07, 6.45) is 7.64. The molecule has 0 radical (unpaired) electrons. The lowest BCUT2D eigenvalue weighted by Gasteiger charge is -2.47. The molecular weight excluding hydrogens is 366 g/mol. The Hall–Kier alpha value is -1.66. The predicted octanol–water partition coefficient (Wildman–Crippen LogP) is 2.54. The van der Waals surface area contributed by atoms with Crippen molar-refractivity contribution < 1.29 is 9.53 Å². The number of piperidine rings is 1. The summed E-state index contributed by atoms with van der Waals surface area (Å²) >= 11 is 0. The number of nitrogens with zero attached hydrogens (tertiary/aromatic N) is 2. The smallest absolute Gasteiger partial charge is 0.251 e. The van der Waals surface area contributed by atoms with Crippen LogP contribution < -0.4 is 10.9 Å². The fraction of sp³-hybridized carbons (Fsp3) is 0.739. The monoisotopic (exact) mass is 401 g/mol. The van der Waals surface area contributed by atoms with Gasteiger partial charge >= 0.3 is 0 Å². The number of rotatable bonds is 8. The molecule has 6 nitrogen and oxygen atoms in total. The molecule has 1 amide bonds. The van der Waals surface area contributed by atoms with Crippen LogP contribution in [0.2, 0.25) is 0 Å². The highest BCUT2D eigenvalue weighted by Gasteiger charge is 2.40. The van der Waals surface area contributed by atoms with Crippen LogP contribution in [0.3, 0.4) is 0 Å². The minimum atomic E-state index is 0.0488. The van der Waals surface area contributed by atoms with Crippen molar-refractivity contribution in [2.75, 3.05) is 39.9 Å². The molecule has 1 aromatic heterocycles. The van der Waals surface area contributed by atoms with Gasteiger partial charge in [0.2, 0.25) is 5.91 Å². The van der Waals surface area contributed by atoms with E-state index in [0.29, 0.717) is 30.7 Å². The molecule has 2 aliphatic heterocycles. The van der Waals surface area contributed by atoms with Gasteiger partial charge in [0, 0.05) is 64.0 Å². The highest BCUT2D eigenvalue weighted by Crippen LogP contribution is 2.40. The summed E-state index contributed by atoms with van der Waals surface area (Å²) in [6, 6.07) is 5.70. The summed E-state index contributed by atoms with van der Waals surface area (Å²) < 4.78 is 7.21. The maximum atomic E-state index is 12.7. The van der Waals surface area contributed by atoms with E-state index in [1.165, 1.54) is 25.7 Å². The van der Waals surface area contributed by atoms with Crippen LogP contribution in [0, 0.1) is 11.8 Å². The maximum Gasteiger partial charge on any atom is 0.251 e. The number of methoxy groups -OCH3 is 1. The van der Waals surface area contributed by atoms with Crippen molar-refractivity contribution in [2.24, 2.45) is 11.8 Å². The van der Waals surface area contributed by atoms with E-state index in [4.69, 9.17) is 4.74 Å². The number of nitrogens with one attached hydrogen (secondary N) is 1. The molecule has 0 aromatic carbocycles. The summed E-state index contributed by atoms with van der Waals surface area (Å²) in [7, 11) is 1.75. The van der Waals surface area contributed by atoms with Crippen molar-refractivity contribution in [3.63, 3.8) is 0 Å². The number of hydrogen-bond donors (Lipinski definition) is 1. The standard InChI is InChI=1S/C23H35N3O3/c1-29-11-5-10-25-15-18-13-19(16-25)21(26-20(18)8-4-9-23(26)28)14-24-22(27)12-17-6-2-3-7-17/h4,8-9,17-19,21H,2-3,5-7,10-16H2,1H3,(H,24,27)/t18-,19+,21+/m1/s1. The number of amides is 1. The second-order valence-corrected chi connectivity index (χ2v) is 9.18. The average Bonchev–Trinajstić information content (AvgIpc) is 3.21. The van der Waals surface area contributed by atoms with Crippen LogP contribution in [0.5, 0.6) is 0 Å². The van der Waals surface area contributed by atoms with Crippen molar-refractivity contribution >= 4 is 5.91 Å². The van der Waals surface area contributed by atoms with Crippen molar-refractivity contribution in [2.45, 2.75) is 56.9 Å². The lowest BCUT2D eigenvalue weighted by Crippen LogP contribution is -2.52. The highest BCUT2D eigenvalue weighted by atomic mass is 16.5. The number of carbonyl (C=O) groups excluding carboxylic acids is 1. The van der Waals surface area contributed by atoms with Crippen LogP contribution in [-0.2, 0) is 9.53 Å². The van der Waals surface area contributed by atoms with E-state index in [-0.39, 0.29) is 17.5 Å². The van der Waals surface area contributed by atoms with Crippen LogP contribution in [0.25, 0.3) is 0 Å². The van der Waals surface area contributed by atoms with Crippen molar-refractivity contribution in [3.8, 4) is 0 Å². The van der Waals surface area contributed by atoms with Crippen molar-refractivity contribution in [1.29, 1.82) is 0 Å². The van der Waals surface area contributed by atoms with E-state index in [0.717, 1.165) is 44.8 Å². The number of pyridine rings is 1. The molecule has 0 spiro atoms. The molecule has 29 heavy (non-hydrogen) atoms. The number of fused-ring (bicyclic) bond motifs is 4. The van der Waals surface area contributed by atoms with Gasteiger partial charge in [-0.05, 0) is 43.6 Å². The van der Waals surface area contributed by atoms with Gasteiger partial charge in [0.15, 0.2) is 0 Å². The van der Waals surface area contributed by atoms with Crippen molar-refractivity contribution in [3.05, 3.63) is 34.2 Å². The van der Waals surface area contributed by atoms with Gasteiger partial charge in [-0.15, -0.1) is 0 Å². The molecule has 1 aromatic rings. The molecule has 1 N–H and O–H groups in total. The molecule has 3 aliphatic rings. The third-order valence-corrected chi connectivity index (χ3v) is 7.15. The van der Waals surface area contributed by atoms with E-state index < -0.39 is 0 Å². The third-order valence-electron chi connectivity index (χ3n) is 7.15. The summed E-state index contributed by atoms with van der Waals surface area (Å²) in [5, 5.41) is 3.18. The van der Waals surface area contributed by atoms with Gasteiger partial charge < -0.3 is 19.5 Å². The summed E-state index contributed by atoms with van der Waals surface area (Å²) in [6.45, 7) is 4.36. The molecule has 160 valence electrons. The lowest BCUT2D eigenvalue weighted by molar-refractivity contribution is -0.122. The molecule has 1 aliphatic carbocycles. The molecular formula is C23H35N3O3. The Kier molecular flexibility index (Phi) is 6.70. The Morgan fingerprint density at radius 3 is 2.86 bits per heavy atom. The molecule has 1 saturated heterocycles. The summed E-state index contributed by atoms with van der Waals surface area (Å²) in [5.74, 6) is 1.50. The maximum absolute atomic E-state index is 12.7. The van der Waals surface area contributed by atoms with Crippen molar-refractivity contribution in [1.82, 2.24) is 14.8 Å². The molecule has 2 bridgehead atoms. The number of ether oxygens (including phenoxy) is 1. The number of aromatic nitrogens is 1. The second kappa shape index (κ2) is 9.43. The molecule has 1 saturated carbocycles. The van der Waals surface area contributed by atoms with E-state index in [9.17, 15) is 9.59 Å². The minimum Gasteiger partial charge on any atom is -0.385 e. The fourth-order valence-corrected chi connectivity index (χ4v) is 5.78. The van der Waals surface area contributed by atoms with Gasteiger partial charge in [-0.1, -0.05) is 18.9 Å². The zero-order valence-corrected chi connectivity index (χ0v) is 17.6. The summed E-state index contributed by atoms with van der Waals surface area (Å²) in [5.41, 5.74) is 1.21. The predicted molar refractivity (Wildman–Crippen MR) is 113 cm³/mol. The Morgan fingerprint density at radius 2 is 2.07 bits per heavy atom. The molecule has 2 fully saturated rings. The zero-order valence-electron chi connectivity index (χ0n) is 17.6. The van der Waals surface area contributed by atoms with E-state index in [1.54, 1.807) is 13.2 Å². The number of carbonyl (C=O) groups is 1. The Bertz CT molecular complexity index is 756. The minimum absolute atomic E-state index is 0.0488. The molecule has 6 heteroatoms. The largest absolute Gasteiger partial charge is 0.385 e. The van der Waals surface area contributed by atoms with Crippen LogP contribution in [0.4, 0.5) is 0 Å². The first-order valence-corrected chi connectivity index (χ1v) is 11.3. The van der Waals surface area contributed by atoms with Gasteiger partial charge in [0.05, 0.1) is 6.04 Å². The first-order chi connectivity index (χ1) is 14.2. The van der Waals surface area contributed by atoms with E-state index in [1.807, 2.05) is 10.6 Å². The van der Waals surface area contributed by atoms with Gasteiger partial charge in [-0.25, -0.2) is 0 Å². The number of likely N-dealkylation sites (tertiary alicyclic amines) is 1. The lowest BCUT2D eigenvalue weighted by atomic mass is 9.78. The van der Waals surface area contributed by atoms with Gasteiger partial charge in [-0.2, -0.15) is 0 Å². The Labute approximate surface area is 173 Å². The topological polar surface area (TPSA) is 63.6 Å². The molecule has 3 atom stereocenters. The van der Waals surface area contributed by atoms with Gasteiger partial charge in [-0.3, -0.25) is 9.59 Å². The number of hydrogen-bond acceptors (Lipinski definition) is 4. The quantitative estimate of drug-likeness (QED) is 0.680.